The fourth-order valence-corrected chi connectivity index (χ4v) is 6.55. The van der Waals surface area contributed by atoms with Crippen molar-refractivity contribution in [2.24, 2.45) is 23.2 Å². The van der Waals surface area contributed by atoms with E-state index in [2.05, 4.69) is 6.92 Å². The Morgan fingerprint density at radius 3 is 2.57 bits per heavy atom. The van der Waals surface area contributed by atoms with Gasteiger partial charge in [0.2, 0.25) is 0 Å². The highest BCUT2D eigenvalue weighted by Gasteiger charge is 2.64. The molecule has 4 rings (SSSR count). The zero-order valence-electron chi connectivity index (χ0n) is 16.5. The number of Topliss-reactive ketones (excluding diaryl/α,β-unsaturated/α-hetero) is 2. The van der Waals surface area contributed by atoms with Crippen molar-refractivity contribution in [3.05, 3.63) is 11.6 Å². The molecule has 0 amide bonds. The van der Waals surface area contributed by atoms with Gasteiger partial charge in [-0.15, -0.1) is 0 Å². The van der Waals surface area contributed by atoms with Crippen LogP contribution in [0.15, 0.2) is 11.6 Å². The van der Waals surface area contributed by atoms with Gasteiger partial charge < -0.3 is 14.9 Å². The molecule has 0 unspecified atom stereocenters. The Morgan fingerprint density at radius 1 is 1.07 bits per heavy atom. The first kappa shape index (κ1) is 19.8. The van der Waals surface area contributed by atoms with E-state index in [1.807, 2.05) is 0 Å². The molecule has 2 N–H and O–H groups in total. The van der Waals surface area contributed by atoms with Gasteiger partial charge in [0.25, 0.3) is 0 Å². The SMILES string of the molecule is C[C@]12CC[C@@H]3C(=O)CC[C@H](O)CC(=O)CC[C@H]3[C@@]1(O)CC[C@@H]2C1=CC(=O)OC1. The summed E-state index contributed by atoms with van der Waals surface area (Å²) in [6.45, 7) is 2.37. The van der Waals surface area contributed by atoms with Gasteiger partial charge >= 0.3 is 5.97 Å². The third kappa shape index (κ3) is 3.05. The molecule has 4 aliphatic rings. The van der Waals surface area contributed by atoms with Crippen molar-refractivity contribution >= 4 is 17.5 Å². The molecule has 6 nitrogen and oxygen atoms in total. The molecule has 1 aliphatic heterocycles. The largest absolute Gasteiger partial charge is 0.458 e. The van der Waals surface area contributed by atoms with Gasteiger partial charge in [0.05, 0.1) is 11.7 Å². The molecule has 0 spiro atoms. The second kappa shape index (κ2) is 7.06. The molecular formula is C22H30O6. The Morgan fingerprint density at radius 2 is 1.86 bits per heavy atom. The maximum absolute atomic E-state index is 12.9. The summed E-state index contributed by atoms with van der Waals surface area (Å²) in [6.07, 6.45) is 5.00. The van der Waals surface area contributed by atoms with Gasteiger partial charge in [-0.1, -0.05) is 6.92 Å². The van der Waals surface area contributed by atoms with E-state index < -0.39 is 17.1 Å². The fourth-order valence-electron chi connectivity index (χ4n) is 6.55. The average Bonchev–Trinajstić information content (AvgIpc) is 3.17. The molecule has 154 valence electrons. The maximum atomic E-state index is 12.9. The number of esters is 1. The number of aliphatic hydroxyl groups excluding tert-OH is 1. The number of aliphatic hydroxyl groups is 2. The topological polar surface area (TPSA) is 101 Å². The molecule has 3 saturated carbocycles. The average molecular weight is 390 g/mol. The van der Waals surface area contributed by atoms with E-state index in [4.69, 9.17) is 4.74 Å². The van der Waals surface area contributed by atoms with Gasteiger partial charge in [-0.05, 0) is 55.9 Å². The summed E-state index contributed by atoms with van der Waals surface area (Å²) in [6, 6.07) is 0. The van der Waals surface area contributed by atoms with Crippen LogP contribution in [0.1, 0.15) is 64.7 Å². The molecule has 6 heteroatoms. The Kier molecular flexibility index (Phi) is 4.99. The van der Waals surface area contributed by atoms with Crippen molar-refractivity contribution in [2.45, 2.75) is 76.4 Å². The predicted molar refractivity (Wildman–Crippen MR) is 100 cm³/mol. The van der Waals surface area contributed by atoms with E-state index in [9.17, 15) is 24.6 Å². The van der Waals surface area contributed by atoms with Gasteiger partial charge in [-0.3, -0.25) is 9.59 Å². The number of ether oxygens (including phenoxy) is 1. The molecule has 3 aliphatic carbocycles. The van der Waals surface area contributed by atoms with Crippen LogP contribution in [0.25, 0.3) is 0 Å². The van der Waals surface area contributed by atoms with E-state index in [1.165, 1.54) is 0 Å². The van der Waals surface area contributed by atoms with Crippen molar-refractivity contribution < 1.29 is 29.3 Å². The van der Waals surface area contributed by atoms with Crippen LogP contribution in [0.5, 0.6) is 0 Å². The summed E-state index contributed by atoms with van der Waals surface area (Å²) in [5, 5.41) is 21.9. The molecule has 0 saturated heterocycles. The number of hydrogen-bond donors (Lipinski definition) is 2. The number of carbonyl (C=O) groups is 3. The zero-order valence-corrected chi connectivity index (χ0v) is 16.5. The lowest BCUT2D eigenvalue weighted by Gasteiger charge is -2.54. The Balaban J connectivity index is 1.65. The van der Waals surface area contributed by atoms with Gasteiger partial charge in [0.1, 0.15) is 18.2 Å². The van der Waals surface area contributed by atoms with E-state index in [1.54, 1.807) is 6.08 Å². The lowest BCUT2D eigenvalue weighted by Crippen LogP contribution is -2.58. The molecule has 0 aromatic carbocycles. The lowest BCUT2D eigenvalue weighted by molar-refractivity contribution is -0.168. The normalized spacial score (nSPS) is 44.5. The number of carbonyl (C=O) groups excluding carboxylic acids is 3. The van der Waals surface area contributed by atoms with Crippen LogP contribution in [-0.2, 0) is 19.1 Å². The number of hydrogen-bond acceptors (Lipinski definition) is 6. The van der Waals surface area contributed by atoms with E-state index in [-0.39, 0.29) is 48.1 Å². The summed E-state index contributed by atoms with van der Waals surface area (Å²) in [5.41, 5.74) is -0.505. The Labute approximate surface area is 165 Å². The van der Waals surface area contributed by atoms with E-state index >= 15 is 0 Å². The van der Waals surface area contributed by atoms with Crippen molar-refractivity contribution in [3.63, 3.8) is 0 Å². The van der Waals surface area contributed by atoms with Gasteiger partial charge in [0, 0.05) is 36.7 Å². The minimum absolute atomic E-state index is 0.00326. The van der Waals surface area contributed by atoms with Crippen LogP contribution in [0.4, 0.5) is 0 Å². The van der Waals surface area contributed by atoms with E-state index in [0.717, 1.165) is 12.0 Å². The summed E-state index contributed by atoms with van der Waals surface area (Å²) in [5.74, 6) is -0.653. The van der Waals surface area contributed by atoms with Gasteiger partial charge in [-0.25, -0.2) is 4.79 Å². The van der Waals surface area contributed by atoms with Crippen LogP contribution in [0.3, 0.4) is 0 Å². The molecule has 0 bridgehead atoms. The minimum atomic E-state index is -1.03. The molecule has 0 aromatic rings. The summed E-state index contributed by atoms with van der Waals surface area (Å²) < 4.78 is 5.11. The summed E-state index contributed by atoms with van der Waals surface area (Å²) in [4.78, 5) is 36.8. The number of fused-ring (bicyclic) bond motifs is 3. The first-order valence-electron chi connectivity index (χ1n) is 10.6. The third-order valence-electron chi connectivity index (χ3n) is 8.11. The number of ketones is 2. The number of cyclic esters (lactones) is 1. The molecule has 6 atom stereocenters. The maximum Gasteiger partial charge on any atom is 0.331 e. The van der Waals surface area contributed by atoms with Crippen LogP contribution >= 0.6 is 0 Å². The minimum Gasteiger partial charge on any atom is -0.458 e. The van der Waals surface area contributed by atoms with Crippen LogP contribution in [0.2, 0.25) is 0 Å². The monoisotopic (exact) mass is 390 g/mol. The summed E-state index contributed by atoms with van der Waals surface area (Å²) in [7, 11) is 0. The summed E-state index contributed by atoms with van der Waals surface area (Å²) >= 11 is 0. The van der Waals surface area contributed by atoms with Gasteiger partial charge in [0.15, 0.2) is 0 Å². The van der Waals surface area contributed by atoms with Crippen LogP contribution < -0.4 is 0 Å². The van der Waals surface area contributed by atoms with Crippen LogP contribution in [0, 0.1) is 23.2 Å². The second-order valence-corrected chi connectivity index (χ2v) is 9.45. The molecule has 3 fully saturated rings. The second-order valence-electron chi connectivity index (χ2n) is 9.45. The highest BCUT2D eigenvalue weighted by atomic mass is 16.5. The highest BCUT2D eigenvalue weighted by molar-refractivity contribution is 5.85. The molecule has 1 heterocycles. The van der Waals surface area contributed by atoms with Crippen molar-refractivity contribution in [1.29, 1.82) is 0 Å². The lowest BCUT2D eigenvalue weighted by atomic mass is 9.52. The Hall–Kier alpha value is -1.53. The van der Waals surface area contributed by atoms with Gasteiger partial charge in [-0.2, -0.15) is 0 Å². The molecule has 0 radical (unpaired) electrons. The zero-order chi connectivity index (χ0) is 20.1. The smallest absolute Gasteiger partial charge is 0.331 e. The number of rotatable bonds is 1. The van der Waals surface area contributed by atoms with Crippen molar-refractivity contribution in [3.8, 4) is 0 Å². The van der Waals surface area contributed by atoms with E-state index in [0.29, 0.717) is 45.1 Å². The Bertz CT molecular complexity index is 727. The third-order valence-corrected chi connectivity index (χ3v) is 8.11. The van der Waals surface area contributed by atoms with Crippen LogP contribution in [-0.4, -0.2) is 46.1 Å². The quantitative estimate of drug-likeness (QED) is 0.665. The first-order valence-corrected chi connectivity index (χ1v) is 10.6. The highest BCUT2D eigenvalue weighted by Crippen LogP contribution is 2.64. The fraction of sp³-hybridized carbons (Fsp3) is 0.773. The van der Waals surface area contributed by atoms with Crippen molar-refractivity contribution in [2.75, 3.05) is 6.61 Å². The predicted octanol–water partition coefficient (Wildman–Crippen LogP) is 2.11. The standard InChI is InChI=1S/C22H30O6/c1-21-8-6-16-18(4-2-14(23)11-15(24)3-5-19(16)25)22(21,27)9-7-17(21)13-10-20(26)28-12-13/h10,15-18,24,27H,2-9,11-12H2,1H3/t15-,16-,17+,18+,21+,22-/m0/s1. The molecular weight excluding hydrogens is 360 g/mol. The first-order chi connectivity index (χ1) is 13.2. The van der Waals surface area contributed by atoms with Crippen molar-refractivity contribution in [1.82, 2.24) is 0 Å². The molecule has 28 heavy (non-hydrogen) atoms. The molecule has 0 aromatic heterocycles.